The normalized spacial score (nSPS) is 11.9. The molecule has 2 aromatic rings. The molecule has 0 fully saturated rings. The number of hydrogen-bond donors (Lipinski definition) is 1. The third-order valence-corrected chi connectivity index (χ3v) is 3.57. The van der Waals surface area contributed by atoms with E-state index in [-0.39, 0.29) is 11.8 Å². The minimum atomic E-state index is -0.109. The summed E-state index contributed by atoms with van der Waals surface area (Å²) in [6.07, 6.45) is 1.65. The van der Waals surface area contributed by atoms with E-state index in [4.69, 9.17) is 0 Å². The smallest absolute Gasteiger partial charge is 0.254 e. The Labute approximate surface area is 121 Å². The molecule has 4 heteroatoms. The third-order valence-electron chi connectivity index (χ3n) is 2.94. The molecule has 98 valence electrons. The van der Waals surface area contributed by atoms with E-state index in [9.17, 15) is 4.79 Å². The number of nitrogens with zero attached hydrogens (tertiary/aromatic N) is 1. The molecule has 1 atom stereocenters. The van der Waals surface area contributed by atoms with Crippen molar-refractivity contribution in [1.82, 2.24) is 10.3 Å². The average Bonchev–Trinajstić information content (AvgIpc) is 2.46. The Morgan fingerprint density at radius 2 is 2.00 bits per heavy atom. The first-order valence-electron chi connectivity index (χ1n) is 6.12. The first kappa shape index (κ1) is 13.7. The van der Waals surface area contributed by atoms with E-state index in [1.807, 2.05) is 18.2 Å². The molecule has 0 aliphatic rings. The van der Waals surface area contributed by atoms with E-state index >= 15 is 0 Å². The molecule has 0 bridgehead atoms. The molecule has 2 rings (SSSR count). The van der Waals surface area contributed by atoms with Crippen LogP contribution in [0.5, 0.6) is 0 Å². The van der Waals surface area contributed by atoms with Crippen molar-refractivity contribution in [2.75, 3.05) is 6.54 Å². The Balaban J connectivity index is 1.96. The van der Waals surface area contributed by atoms with Gasteiger partial charge in [-0.1, -0.05) is 37.3 Å². The average molecular weight is 319 g/mol. The van der Waals surface area contributed by atoms with Gasteiger partial charge in [0.2, 0.25) is 0 Å². The van der Waals surface area contributed by atoms with Crippen molar-refractivity contribution >= 4 is 21.8 Å². The second-order valence-electron chi connectivity index (χ2n) is 4.36. The van der Waals surface area contributed by atoms with Gasteiger partial charge in [-0.2, -0.15) is 0 Å². The van der Waals surface area contributed by atoms with E-state index in [0.717, 1.165) is 0 Å². The standard InChI is InChI=1S/C15H15BrN2O/c1-11(12-6-3-2-4-7-12)10-18-15(19)13-8-5-9-17-14(13)16/h2-9,11H,10H2,1H3,(H,18,19). The van der Waals surface area contributed by atoms with Crippen LogP contribution in [-0.4, -0.2) is 17.4 Å². The molecule has 0 saturated heterocycles. The summed E-state index contributed by atoms with van der Waals surface area (Å²) in [5, 5.41) is 2.93. The molecule has 0 radical (unpaired) electrons. The lowest BCUT2D eigenvalue weighted by molar-refractivity contribution is 0.0950. The number of pyridine rings is 1. The van der Waals surface area contributed by atoms with Gasteiger partial charge in [0.25, 0.3) is 5.91 Å². The Morgan fingerprint density at radius 1 is 1.26 bits per heavy atom. The summed E-state index contributed by atoms with van der Waals surface area (Å²) in [6.45, 7) is 2.69. The highest BCUT2D eigenvalue weighted by Crippen LogP contribution is 2.15. The Kier molecular flexibility index (Phi) is 4.68. The Morgan fingerprint density at radius 3 is 2.68 bits per heavy atom. The van der Waals surface area contributed by atoms with Crippen LogP contribution in [0.15, 0.2) is 53.3 Å². The molecule has 0 aliphatic carbocycles. The highest BCUT2D eigenvalue weighted by atomic mass is 79.9. The molecule has 1 heterocycles. The first-order valence-corrected chi connectivity index (χ1v) is 6.91. The van der Waals surface area contributed by atoms with Gasteiger partial charge >= 0.3 is 0 Å². The van der Waals surface area contributed by atoms with Gasteiger partial charge < -0.3 is 5.32 Å². The zero-order valence-electron chi connectivity index (χ0n) is 10.6. The zero-order valence-corrected chi connectivity index (χ0v) is 12.2. The highest BCUT2D eigenvalue weighted by Gasteiger charge is 2.12. The molecule has 0 aliphatic heterocycles. The number of amides is 1. The molecule has 0 saturated carbocycles. The van der Waals surface area contributed by atoms with Gasteiger partial charge in [0, 0.05) is 12.7 Å². The van der Waals surface area contributed by atoms with Crippen LogP contribution in [0.4, 0.5) is 0 Å². The predicted octanol–water partition coefficient (Wildman–Crippen LogP) is 3.38. The maximum atomic E-state index is 12.0. The van der Waals surface area contributed by atoms with Crippen LogP contribution in [-0.2, 0) is 0 Å². The van der Waals surface area contributed by atoms with Crippen molar-refractivity contribution in [2.24, 2.45) is 0 Å². The first-order chi connectivity index (χ1) is 9.18. The lowest BCUT2D eigenvalue weighted by Gasteiger charge is -2.13. The van der Waals surface area contributed by atoms with Crippen molar-refractivity contribution in [3.8, 4) is 0 Å². The van der Waals surface area contributed by atoms with Crippen LogP contribution in [0.25, 0.3) is 0 Å². The number of aromatic nitrogens is 1. The number of carbonyl (C=O) groups excluding carboxylic acids is 1. The fourth-order valence-electron chi connectivity index (χ4n) is 1.80. The van der Waals surface area contributed by atoms with E-state index in [0.29, 0.717) is 16.7 Å². The van der Waals surface area contributed by atoms with Crippen LogP contribution in [0.3, 0.4) is 0 Å². The number of carbonyl (C=O) groups is 1. The lowest BCUT2D eigenvalue weighted by Crippen LogP contribution is -2.27. The minimum absolute atomic E-state index is 0.109. The van der Waals surface area contributed by atoms with Crippen LogP contribution in [0, 0.1) is 0 Å². The van der Waals surface area contributed by atoms with E-state index in [1.165, 1.54) is 5.56 Å². The largest absolute Gasteiger partial charge is 0.351 e. The number of benzene rings is 1. The van der Waals surface area contributed by atoms with Crippen molar-refractivity contribution in [1.29, 1.82) is 0 Å². The van der Waals surface area contributed by atoms with Crippen LogP contribution < -0.4 is 5.32 Å². The summed E-state index contributed by atoms with van der Waals surface area (Å²) in [5.41, 5.74) is 1.77. The van der Waals surface area contributed by atoms with Crippen LogP contribution >= 0.6 is 15.9 Å². The maximum absolute atomic E-state index is 12.0. The summed E-state index contributed by atoms with van der Waals surface area (Å²) < 4.78 is 0.569. The van der Waals surface area contributed by atoms with Gasteiger partial charge in [-0.15, -0.1) is 0 Å². The highest BCUT2D eigenvalue weighted by molar-refractivity contribution is 9.10. The number of hydrogen-bond acceptors (Lipinski definition) is 2. The maximum Gasteiger partial charge on any atom is 0.254 e. The van der Waals surface area contributed by atoms with Gasteiger partial charge in [-0.25, -0.2) is 4.98 Å². The van der Waals surface area contributed by atoms with E-state index in [1.54, 1.807) is 18.3 Å². The second-order valence-corrected chi connectivity index (χ2v) is 5.11. The summed E-state index contributed by atoms with van der Waals surface area (Å²) in [5.74, 6) is 0.170. The molecule has 3 nitrogen and oxygen atoms in total. The summed E-state index contributed by atoms with van der Waals surface area (Å²) >= 11 is 3.28. The molecule has 1 N–H and O–H groups in total. The Hall–Kier alpha value is -1.68. The van der Waals surface area contributed by atoms with Gasteiger partial charge in [-0.3, -0.25) is 4.79 Å². The van der Waals surface area contributed by atoms with Gasteiger partial charge in [0.15, 0.2) is 0 Å². The van der Waals surface area contributed by atoms with Crippen molar-refractivity contribution in [2.45, 2.75) is 12.8 Å². The molecule has 19 heavy (non-hydrogen) atoms. The van der Waals surface area contributed by atoms with Crippen LogP contribution in [0.1, 0.15) is 28.8 Å². The Bertz CT molecular complexity index is 557. The fraction of sp³-hybridized carbons (Fsp3) is 0.200. The van der Waals surface area contributed by atoms with E-state index < -0.39 is 0 Å². The zero-order chi connectivity index (χ0) is 13.7. The SMILES string of the molecule is CC(CNC(=O)c1cccnc1Br)c1ccccc1. The topological polar surface area (TPSA) is 42.0 Å². The fourth-order valence-corrected chi connectivity index (χ4v) is 2.23. The van der Waals surface area contributed by atoms with Crippen molar-refractivity contribution in [3.63, 3.8) is 0 Å². The van der Waals surface area contributed by atoms with Gasteiger partial charge in [0.05, 0.1) is 5.56 Å². The number of nitrogens with one attached hydrogen (secondary N) is 1. The quantitative estimate of drug-likeness (QED) is 0.878. The summed E-state index contributed by atoms with van der Waals surface area (Å²) in [7, 11) is 0. The van der Waals surface area contributed by atoms with Crippen LogP contribution in [0.2, 0.25) is 0 Å². The predicted molar refractivity (Wildman–Crippen MR) is 79.1 cm³/mol. The van der Waals surface area contributed by atoms with Crippen molar-refractivity contribution < 1.29 is 4.79 Å². The number of rotatable bonds is 4. The summed E-state index contributed by atoms with van der Waals surface area (Å²) in [4.78, 5) is 16.1. The molecule has 1 aromatic carbocycles. The van der Waals surface area contributed by atoms with Crippen molar-refractivity contribution in [3.05, 3.63) is 64.4 Å². The second kappa shape index (κ2) is 6.48. The lowest BCUT2D eigenvalue weighted by atomic mass is 10.0. The molecular weight excluding hydrogens is 304 g/mol. The van der Waals surface area contributed by atoms with Gasteiger partial charge in [0.1, 0.15) is 4.60 Å². The minimum Gasteiger partial charge on any atom is -0.351 e. The third kappa shape index (κ3) is 3.64. The number of halogens is 1. The van der Waals surface area contributed by atoms with E-state index in [2.05, 4.69) is 45.3 Å². The molecule has 1 amide bonds. The monoisotopic (exact) mass is 318 g/mol. The van der Waals surface area contributed by atoms with Gasteiger partial charge in [-0.05, 0) is 39.5 Å². The molecular formula is C15H15BrN2O. The molecule has 0 spiro atoms. The summed E-state index contributed by atoms with van der Waals surface area (Å²) in [6, 6.07) is 13.6. The molecule has 1 unspecified atom stereocenters. The molecule has 1 aromatic heterocycles.